The van der Waals surface area contributed by atoms with Crippen LogP contribution in [0.1, 0.15) is 41.7 Å². The fraction of sp³-hybridized carbons (Fsp3) is 0.0469. The zero-order valence-electron chi connectivity index (χ0n) is 37.6. The molecule has 9 aromatic rings. The SMILES string of the molecule is C=C/C=C\C(=C/C)c1cccc(-c2nc(-c3cccc(-c4ccccc4)c3)nc(-c3ccc(-c4cccc5c4C4(C(=C/C)/C5=C\C=C)c5ccccc5-c5ccccc54)c4ccccc34)n2)c1. The maximum absolute atomic E-state index is 5.34. The first-order valence-corrected chi connectivity index (χ1v) is 22.9. The van der Waals surface area contributed by atoms with Crippen LogP contribution in [0.3, 0.4) is 0 Å². The van der Waals surface area contributed by atoms with Crippen LogP contribution in [0.5, 0.6) is 0 Å². The Morgan fingerprint density at radius 1 is 0.463 bits per heavy atom. The standard InChI is InChI=1S/C64H47N3/c1-5-9-23-42(7-3)44-26-19-28-46(40-44)61-65-62(47-29-20-27-45(41-47)43-24-11-10-12-25-43)67-63(66-61)56-39-38-50(48-30-13-14-31-49(48)56)54-34-21-35-55-51(22-6-2)57(8-4)64(60(54)55)58-36-17-15-32-52(58)53-33-16-18-37-59(53)64/h5-41H,1-2H2,3-4H3/b23-9-,42-7+,51-22-,57-8+. The van der Waals surface area contributed by atoms with Crippen molar-refractivity contribution in [1.29, 1.82) is 0 Å². The van der Waals surface area contributed by atoms with E-state index in [4.69, 9.17) is 15.0 Å². The van der Waals surface area contributed by atoms with Crippen LogP contribution >= 0.6 is 0 Å². The molecule has 0 unspecified atom stereocenters. The van der Waals surface area contributed by atoms with Crippen molar-refractivity contribution >= 4 is 21.9 Å². The van der Waals surface area contributed by atoms with E-state index >= 15 is 0 Å². The molecule has 0 bridgehead atoms. The number of aromatic nitrogens is 3. The summed E-state index contributed by atoms with van der Waals surface area (Å²) >= 11 is 0. The van der Waals surface area contributed by atoms with E-state index in [9.17, 15) is 0 Å². The van der Waals surface area contributed by atoms with Crippen LogP contribution in [0.4, 0.5) is 0 Å². The van der Waals surface area contributed by atoms with Crippen molar-refractivity contribution in [2.75, 3.05) is 0 Å². The number of hydrogen-bond acceptors (Lipinski definition) is 3. The molecule has 3 heteroatoms. The van der Waals surface area contributed by atoms with Gasteiger partial charge in [-0.05, 0) is 121 Å². The fourth-order valence-electron chi connectivity index (χ4n) is 10.7. The van der Waals surface area contributed by atoms with Crippen molar-refractivity contribution in [2.24, 2.45) is 0 Å². The zero-order valence-corrected chi connectivity index (χ0v) is 37.6. The molecular formula is C64H47N3. The number of hydrogen-bond donors (Lipinski definition) is 0. The van der Waals surface area contributed by atoms with Gasteiger partial charge in [-0.3, -0.25) is 0 Å². The highest BCUT2D eigenvalue weighted by Crippen LogP contribution is 2.65. The van der Waals surface area contributed by atoms with Gasteiger partial charge >= 0.3 is 0 Å². The molecule has 67 heavy (non-hydrogen) atoms. The number of fused-ring (bicyclic) bond motifs is 8. The summed E-state index contributed by atoms with van der Waals surface area (Å²) in [5.41, 5.74) is 19.1. The molecule has 0 radical (unpaired) electrons. The monoisotopic (exact) mass is 857 g/mol. The molecule has 0 amide bonds. The summed E-state index contributed by atoms with van der Waals surface area (Å²) < 4.78 is 0. The van der Waals surface area contributed by atoms with Gasteiger partial charge in [0.05, 0.1) is 5.41 Å². The molecule has 0 fully saturated rings. The first-order chi connectivity index (χ1) is 33.1. The summed E-state index contributed by atoms with van der Waals surface area (Å²) in [5.74, 6) is 1.82. The van der Waals surface area contributed by atoms with Crippen LogP contribution in [-0.2, 0) is 5.41 Å². The van der Waals surface area contributed by atoms with Gasteiger partial charge in [-0.25, -0.2) is 15.0 Å². The Bertz CT molecular complexity index is 3540. The average molecular weight is 858 g/mol. The van der Waals surface area contributed by atoms with E-state index in [1.807, 2.05) is 18.2 Å². The van der Waals surface area contributed by atoms with Crippen molar-refractivity contribution in [3.05, 3.63) is 271 Å². The predicted molar refractivity (Wildman–Crippen MR) is 281 cm³/mol. The van der Waals surface area contributed by atoms with Crippen LogP contribution in [-0.4, -0.2) is 15.0 Å². The van der Waals surface area contributed by atoms with Gasteiger partial charge in [0.15, 0.2) is 17.5 Å². The molecule has 8 aromatic carbocycles. The van der Waals surface area contributed by atoms with Crippen LogP contribution in [0, 0.1) is 0 Å². The molecule has 318 valence electrons. The lowest BCUT2D eigenvalue weighted by atomic mass is 9.68. The van der Waals surface area contributed by atoms with Gasteiger partial charge in [-0.1, -0.05) is 219 Å². The summed E-state index contributed by atoms with van der Waals surface area (Å²) in [6, 6.07) is 65.3. The Hall–Kier alpha value is -8.53. The molecule has 0 aliphatic heterocycles. The number of benzene rings is 8. The molecule has 11 rings (SSSR count). The minimum absolute atomic E-state index is 0.530. The van der Waals surface area contributed by atoms with Crippen molar-refractivity contribution in [3.63, 3.8) is 0 Å². The van der Waals surface area contributed by atoms with Crippen molar-refractivity contribution in [1.82, 2.24) is 15.0 Å². The minimum atomic E-state index is -0.530. The van der Waals surface area contributed by atoms with Gasteiger partial charge < -0.3 is 0 Å². The third kappa shape index (κ3) is 6.70. The maximum atomic E-state index is 5.34. The minimum Gasteiger partial charge on any atom is -0.208 e. The van der Waals surface area contributed by atoms with Gasteiger partial charge in [0.2, 0.25) is 0 Å². The summed E-state index contributed by atoms with van der Waals surface area (Å²) in [4.78, 5) is 15.9. The van der Waals surface area contributed by atoms with Crippen LogP contribution in [0.15, 0.2) is 243 Å². The first-order valence-electron chi connectivity index (χ1n) is 22.9. The summed E-state index contributed by atoms with van der Waals surface area (Å²) in [6.45, 7) is 12.3. The lowest BCUT2D eigenvalue weighted by Crippen LogP contribution is -2.26. The highest BCUT2D eigenvalue weighted by Gasteiger charge is 2.54. The van der Waals surface area contributed by atoms with Gasteiger partial charge in [0, 0.05) is 16.7 Å². The third-order valence-electron chi connectivity index (χ3n) is 13.4. The normalized spacial score (nSPS) is 14.7. The highest BCUT2D eigenvalue weighted by molar-refractivity contribution is 6.08. The molecule has 3 nitrogen and oxygen atoms in total. The molecule has 2 aliphatic rings. The lowest BCUT2D eigenvalue weighted by Gasteiger charge is -2.32. The zero-order chi connectivity index (χ0) is 45.5. The van der Waals surface area contributed by atoms with E-state index in [0.717, 1.165) is 55.3 Å². The second-order valence-electron chi connectivity index (χ2n) is 17.0. The largest absolute Gasteiger partial charge is 0.208 e. The smallest absolute Gasteiger partial charge is 0.164 e. The average Bonchev–Trinajstić information content (AvgIpc) is 3.85. The number of nitrogens with zero attached hydrogens (tertiary/aromatic N) is 3. The molecule has 0 saturated heterocycles. The Morgan fingerprint density at radius 3 is 1.70 bits per heavy atom. The molecule has 0 N–H and O–H groups in total. The second-order valence-corrected chi connectivity index (χ2v) is 17.0. The molecule has 1 heterocycles. The Labute approximate surface area is 392 Å². The summed E-state index contributed by atoms with van der Waals surface area (Å²) in [6.07, 6.45) is 14.4. The van der Waals surface area contributed by atoms with Crippen molar-refractivity contribution < 1.29 is 0 Å². The van der Waals surface area contributed by atoms with E-state index < -0.39 is 5.41 Å². The fourth-order valence-corrected chi connectivity index (χ4v) is 10.7. The highest BCUT2D eigenvalue weighted by atomic mass is 15.0. The summed E-state index contributed by atoms with van der Waals surface area (Å²) in [7, 11) is 0. The molecule has 0 atom stereocenters. The first kappa shape index (κ1) is 41.2. The van der Waals surface area contributed by atoms with Gasteiger partial charge in [-0.15, -0.1) is 0 Å². The molecular weight excluding hydrogens is 811 g/mol. The second kappa shape index (κ2) is 17.1. The lowest BCUT2D eigenvalue weighted by molar-refractivity contribution is 0.795. The predicted octanol–water partition coefficient (Wildman–Crippen LogP) is 16.3. The topological polar surface area (TPSA) is 38.7 Å². The number of rotatable bonds is 9. The van der Waals surface area contributed by atoms with Crippen LogP contribution in [0.2, 0.25) is 0 Å². The van der Waals surface area contributed by atoms with E-state index in [2.05, 4.69) is 227 Å². The van der Waals surface area contributed by atoms with E-state index in [0.29, 0.717) is 17.5 Å². The van der Waals surface area contributed by atoms with Gasteiger partial charge in [0.25, 0.3) is 0 Å². The maximum Gasteiger partial charge on any atom is 0.164 e. The van der Waals surface area contributed by atoms with E-state index in [1.54, 1.807) is 6.08 Å². The molecule has 0 saturated carbocycles. The summed E-state index contributed by atoms with van der Waals surface area (Å²) in [5, 5.41) is 2.18. The number of allylic oxidation sites excluding steroid dienone is 10. The Balaban J connectivity index is 1.14. The molecule has 1 spiro atoms. The Kier molecular flexibility index (Phi) is 10.5. The quantitative estimate of drug-likeness (QED) is 0.136. The van der Waals surface area contributed by atoms with Gasteiger partial charge in [0.1, 0.15) is 0 Å². The van der Waals surface area contributed by atoms with E-state index in [1.165, 1.54) is 50.1 Å². The van der Waals surface area contributed by atoms with Crippen LogP contribution < -0.4 is 0 Å². The Morgan fingerprint density at radius 2 is 1.01 bits per heavy atom. The van der Waals surface area contributed by atoms with Gasteiger partial charge in [-0.2, -0.15) is 0 Å². The molecule has 2 aliphatic carbocycles. The van der Waals surface area contributed by atoms with Crippen molar-refractivity contribution in [3.8, 4) is 67.5 Å². The molecule has 1 aromatic heterocycles. The third-order valence-corrected chi connectivity index (χ3v) is 13.4. The van der Waals surface area contributed by atoms with Crippen molar-refractivity contribution in [2.45, 2.75) is 19.3 Å². The van der Waals surface area contributed by atoms with E-state index in [-0.39, 0.29) is 0 Å². The van der Waals surface area contributed by atoms with Crippen LogP contribution in [0.25, 0.3) is 89.5 Å².